The number of hydrogen-bond donors (Lipinski definition) is 2. The van der Waals surface area contributed by atoms with Crippen molar-refractivity contribution in [1.29, 1.82) is 0 Å². The minimum atomic E-state index is 0. The van der Waals surface area contributed by atoms with Gasteiger partial charge in [-0.25, -0.2) is 0 Å². The maximum Gasteiger partial charge on any atom is 0.223 e. The normalized spacial score (nSPS) is 25.8. The molecule has 0 bridgehead atoms. The molecule has 0 radical (unpaired) electrons. The number of hydrogen-bond acceptors (Lipinski definition) is 2. The van der Waals surface area contributed by atoms with Crippen LogP contribution in [0.2, 0.25) is 0 Å². The summed E-state index contributed by atoms with van der Waals surface area (Å²) in [5, 5.41) is 9.07. The summed E-state index contributed by atoms with van der Waals surface area (Å²) >= 11 is 0. The number of nitrogens with one attached hydrogen (secondary N) is 2. The number of carbonyl (C=O) groups excluding carboxylic acids is 1. The lowest BCUT2D eigenvalue weighted by Crippen LogP contribution is -2.37. The summed E-state index contributed by atoms with van der Waals surface area (Å²) in [5.74, 6) is 0.801. The molecule has 0 spiro atoms. The van der Waals surface area contributed by atoms with Gasteiger partial charge in [0.05, 0.1) is 0 Å². The van der Waals surface area contributed by atoms with Crippen LogP contribution in [0.3, 0.4) is 0 Å². The first-order chi connectivity index (χ1) is 10.8. The Morgan fingerprint density at radius 3 is 2.78 bits per heavy atom. The summed E-state index contributed by atoms with van der Waals surface area (Å²) in [4.78, 5) is 12.3. The van der Waals surface area contributed by atoms with E-state index in [-0.39, 0.29) is 24.2 Å². The molecule has 3 atom stereocenters. The standard InChI is InChI=1S/C19H22N2O.ClH/c22-19(21-12-16-6-3-9-20-16)18-11-17(18)15-8-7-13-4-1-2-5-14(13)10-15;/h1-2,4-5,7-8,10,16-18,20H,3,6,9,11-12H2,(H,21,22);1H. The molecular formula is C19H23ClN2O. The van der Waals surface area contributed by atoms with Gasteiger partial charge in [-0.2, -0.15) is 0 Å². The third-order valence-corrected chi connectivity index (χ3v) is 5.01. The van der Waals surface area contributed by atoms with Crippen LogP contribution < -0.4 is 10.6 Å². The van der Waals surface area contributed by atoms with Crippen LogP contribution in [0.1, 0.15) is 30.7 Å². The fraction of sp³-hybridized carbons (Fsp3) is 0.421. The minimum Gasteiger partial charge on any atom is -0.354 e. The lowest BCUT2D eigenvalue weighted by atomic mass is 10.0. The van der Waals surface area contributed by atoms with E-state index in [1.807, 2.05) is 0 Å². The first-order valence-corrected chi connectivity index (χ1v) is 8.31. The summed E-state index contributed by atoms with van der Waals surface area (Å²) in [6.45, 7) is 1.86. The van der Waals surface area contributed by atoms with Crippen LogP contribution in [0.5, 0.6) is 0 Å². The first-order valence-electron chi connectivity index (χ1n) is 8.31. The zero-order valence-electron chi connectivity index (χ0n) is 13.1. The second-order valence-electron chi connectivity index (χ2n) is 6.59. The zero-order chi connectivity index (χ0) is 14.9. The molecule has 3 unspecified atom stereocenters. The third kappa shape index (κ3) is 3.51. The van der Waals surface area contributed by atoms with Gasteiger partial charge < -0.3 is 10.6 Å². The van der Waals surface area contributed by atoms with Crippen molar-refractivity contribution in [3.05, 3.63) is 48.0 Å². The van der Waals surface area contributed by atoms with Gasteiger partial charge in [0, 0.05) is 18.5 Å². The van der Waals surface area contributed by atoms with Gasteiger partial charge in [-0.3, -0.25) is 4.79 Å². The van der Waals surface area contributed by atoms with Crippen molar-refractivity contribution < 1.29 is 4.79 Å². The number of rotatable bonds is 4. The van der Waals surface area contributed by atoms with Crippen molar-refractivity contribution in [3.63, 3.8) is 0 Å². The Morgan fingerprint density at radius 2 is 2.00 bits per heavy atom. The smallest absolute Gasteiger partial charge is 0.223 e. The molecule has 1 heterocycles. The molecule has 1 aliphatic heterocycles. The quantitative estimate of drug-likeness (QED) is 0.903. The van der Waals surface area contributed by atoms with Crippen LogP contribution in [0, 0.1) is 5.92 Å². The summed E-state index contributed by atoms with van der Waals surface area (Å²) in [5.41, 5.74) is 1.30. The highest BCUT2D eigenvalue weighted by atomic mass is 35.5. The molecule has 2 N–H and O–H groups in total. The highest BCUT2D eigenvalue weighted by molar-refractivity contribution is 5.86. The van der Waals surface area contributed by atoms with E-state index in [2.05, 4.69) is 53.1 Å². The highest BCUT2D eigenvalue weighted by Gasteiger charge is 2.43. The number of fused-ring (bicyclic) bond motifs is 1. The Balaban J connectivity index is 0.00000156. The van der Waals surface area contributed by atoms with E-state index in [9.17, 15) is 4.79 Å². The van der Waals surface area contributed by atoms with E-state index in [0.29, 0.717) is 12.0 Å². The van der Waals surface area contributed by atoms with E-state index in [1.54, 1.807) is 0 Å². The monoisotopic (exact) mass is 330 g/mol. The van der Waals surface area contributed by atoms with Gasteiger partial charge in [-0.1, -0.05) is 42.5 Å². The van der Waals surface area contributed by atoms with Gasteiger partial charge in [-0.05, 0) is 48.1 Å². The minimum absolute atomic E-state index is 0. The van der Waals surface area contributed by atoms with Gasteiger partial charge in [0.2, 0.25) is 5.91 Å². The van der Waals surface area contributed by atoms with Crippen molar-refractivity contribution in [2.45, 2.75) is 31.2 Å². The first kappa shape index (κ1) is 16.3. The topological polar surface area (TPSA) is 41.1 Å². The molecule has 2 fully saturated rings. The summed E-state index contributed by atoms with van der Waals surface area (Å²) < 4.78 is 0. The molecule has 4 heteroatoms. The number of carbonyl (C=O) groups is 1. The molecule has 2 aromatic rings. The van der Waals surface area contributed by atoms with Gasteiger partial charge in [0.25, 0.3) is 0 Å². The third-order valence-electron chi connectivity index (χ3n) is 5.01. The molecule has 1 saturated carbocycles. The molecule has 23 heavy (non-hydrogen) atoms. The average Bonchev–Trinajstić information content (AvgIpc) is 3.19. The Morgan fingerprint density at radius 1 is 1.17 bits per heavy atom. The lowest BCUT2D eigenvalue weighted by Gasteiger charge is -2.11. The van der Waals surface area contributed by atoms with Crippen LogP contribution in [0.25, 0.3) is 10.8 Å². The molecule has 1 amide bonds. The Hall–Kier alpha value is -1.58. The fourth-order valence-electron chi connectivity index (χ4n) is 3.58. The Labute approximate surface area is 143 Å². The van der Waals surface area contributed by atoms with Crippen LogP contribution in [0.4, 0.5) is 0 Å². The van der Waals surface area contributed by atoms with E-state index < -0.39 is 0 Å². The average molecular weight is 331 g/mol. The molecule has 2 aliphatic rings. The van der Waals surface area contributed by atoms with Crippen molar-refractivity contribution >= 4 is 29.1 Å². The van der Waals surface area contributed by atoms with Gasteiger partial charge >= 0.3 is 0 Å². The fourth-order valence-corrected chi connectivity index (χ4v) is 3.58. The number of amides is 1. The number of halogens is 1. The molecule has 0 aromatic heterocycles. The molecular weight excluding hydrogens is 308 g/mol. The van der Waals surface area contributed by atoms with Crippen molar-refractivity contribution in [3.8, 4) is 0 Å². The molecule has 1 saturated heterocycles. The molecule has 3 nitrogen and oxygen atoms in total. The van der Waals surface area contributed by atoms with Crippen LogP contribution in [0.15, 0.2) is 42.5 Å². The Bertz CT molecular complexity index is 697. The van der Waals surface area contributed by atoms with Crippen molar-refractivity contribution in [2.75, 3.05) is 13.1 Å². The molecule has 122 valence electrons. The van der Waals surface area contributed by atoms with Crippen LogP contribution >= 0.6 is 12.4 Å². The van der Waals surface area contributed by atoms with Crippen molar-refractivity contribution in [1.82, 2.24) is 10.6 Å². The van der Waals surface area contributed by atoms with E-state index in [0.717, 1.165) is 19.5 Å². The van der Waals surface area contributed by atoms with E-state index >= 15 is 0 Å². The summed E-state index contributed by atoms with van der Waals surface area (Å²) in [6.07, 6.45) is 3.39. The van der Waals surface area contributed by atoms with Gasteiger partial charge in [0.1, 0.15) is 0 Å². The summed E-state index contributed by atoms with van der Waals surface area (Å²) in [7, 11) is 0. The SMILES string of the molecule is Cl.O=C(NCC1CCCN1)C1CC1c1ccc2ccccc2c1. The zero-order valence-corrected chi connectivity index (χ0v) is 13.9. The molecule has 2 aromatic carbocycles. The lowest BCUT2D eigenvalue weighted by molar-refractivity contribution is -0.122. The second-order valence-corrected chi connectivity index (χ2v) is 6.59. The van der Waals surface area contributed by atoms with Crippen LogP contribution in [-0.4, -0.2) is 25.0 Å². The maximum absolute atomic E-state index is 12.3. The Kier molecular flexibility index (Phi) is 4.88. The summed E-state index contributed by atoms with van der Waals surface area (Å²) in [6, 6.07) is 15.5. The highest BCUT2D eigenvalue weighted by Crippen LogP contribution is 2.48. The molecule has 1 aliphatic carbocycles. The van der Waals surface area contributed by atoms with E-state index in [4.69, 9.17) is 0 Å². The van der Waals surface area contributed by atoms with Crippen LogP contribution in [-0.2, 0) is 4.79 Å². The van der Waals surface area contributed by atoms with E-state index in [1.165, 1.54) is 29.2 Å². The van der Waals surface area contributed by atoms with Gasteiger partial charge in [0.15, 0.2) is 0 Å². The second kappa shape index (κ2) is 6.90. The maximum atomic E-state index is 12.3. The van der Waals surface area contributed by atoms with Gasteiger partial charge in [-0.15, -0.1) is 12.4 Å². The predicted octanol–water partition coefficient (Wildman–Crippen LogP) is 3.23. The largest absolute Gasteiger partial charge is 0.354 e. The predicted molar refractivity (Wildman–Crippen MR) is 96.1 cm³/mol. The molecule has 4 rings (SSSR count). The van der Waals surface area contributed by atoms with Crippen molar-refractivity contribution in [2.24, 2.45) is 5.92 Å². The number of benzene rings is 2.